The molecule has 120 valence electrons. The van der Waals surface area contributed by atoms with E-state index in [9.17, 15) is 9.59 Å². The van der Waals surface area contributed by atoms with E-state index in [1.165, 1.54) is 12.0 Å². The highest BCUT2D eigenvalue weighted by molar-refractivity contribution is 5.99. The molecule has 1 fully saturated rings. The predicted molar refractivity (Wildman–Crippen MR) is 83.2 cm³/mol. The second kappa shape index (κ2) is 7.26. The van der Waals surface area contributed by atoms with E-state index in [0.717, 1.165) is 12.8 Å². The number of nitrogens with zero attached hydrogens (tertiary/aromatic N) is 1. The lowest BCUT2D eigenvalue weighted by Gasteiger charge is -2.21. The third-order valence-electron chi connectivity index (χ3n) is 3.70. The number of carbonyl (C=O) groups is 2. The third-order valence-corrected chi connectivity index (χ3v) is 3.70. The first-order valence-corrected chi connectivity index (χ1v) is 7.31. The number of carbonyl (C=O) groups excluding carboxylic acids is 2. The molecule has 0 spiro atoms. The van der Waals surface area contributed by atoms with E-state index in [4.69, 9.17) is 9.47 Å². The maximum absolute atomic E-state index is 12.2. The van der Waals surface area contributed by atoms with E-state index in [0.29, 0.717) is 30.2 Å². The van der Waals surface area contributed by atoms with Gasteiger partial charge < -0.3 is 19.7 Å². The highest BCUT2D eigenvalue weighted by atomic mass is 16.5. The van der Waals surface area contributed by atoms with Gasteiger partial charge in [-0.3, -0.25) is 9.59 Å². The van der Waals surface area contributed by atoms with Crippen LogP contribution in [0.15, 0.2) is 18.2 Å². The highest BCUT2D eigenvalue weighted by Gasteiger charge is 2.22. The normalized spacial score (nSPS) is 15.2. The van der Waals surface area contributed by atoms with E-state index >= 15 is 0 Å². The summed E-state index contributed by atoms with van der Waals surface area (Å²) in [4.78, 5) is 25.9. The smallest absolute Gasteiger partial charge is 0.257 e. The fourth-order valence-electron chi connectivity index (χ4n) is 2.40. The summed E-state index contributed by atoms with van der Waals surface area (Å²) in [6.07, 6.45) is 1.46. The van der Waals surface area contributed by atoms with Crippen molar-refractivity contribution in [1.29, 1.82) is 0 Å². The highest BCUT2D eigenvalue weighted by Crippen LogP contribution is 2.25. The van der Waals surface area contributed by atoms with Gasteiger partial charge in [-0.2, -0.15) is 0 Å². The zero-order valence-electron chi connectivity index (χ0n) is 13.2. The van der Waals surface area contributed by atoms with Crippen LogP contribution in [0.4, 0.5) is 5.69 Å². The molecule has 6 nitrogen and oxygen atoms in total. The van der Waals surface area contributed by atoms with Crippen LogP contribution in [-0.4, -0.2) is 51.1 Å². The molecule has 2 amide bonds. The molecular formula is C16H22N2O4. The van der Waals surface area contributed by atoms with Gasteiger partial charge in [0.2, 0.25) is 5.91 Å². The molecule has 1 N–H and O–H groups in total. The second-order valence-corrected chi connectivity index (χ2v) is 5.49. The number of ether oxygens (including phenoxy) is 2. The van der Waals surface area contributed by atoms with Crippen molar-refractivity contribution in [2.24, 2.45) is 5.92 Å². The molecule has 0 radical (unpaired) electrons. The van der Waals surface area contributed by atoms with Crippen LogP contribution in [0, 0.1) is 5.92 Å². The van der Waals surface area contributed by atoms with Crippen LogP contribution in [0.1, 0.15) is 23.2 Å². The molecule has 0 saturated carbocycles. The fourth-order valence-corrected chi connectivity index (χ4v) is 2.40. The molecule has 0 unspecified atom stereocenters. The summed E-state index contributed by atoms with van der Waals surface area (Å²) in [5, 5.41) is 2.88. The molecular weight excluding hydrogens is 284 g/mol. The number of benzene rings is 1. The minimum absolute atomic E-state index is 0.0308. The largest absolute Gasteiger partial charge is 0.496 e. The average molecular weight is 306 g/mol. The molecule has 6 heteroatoms. The van der Waals surface area contributed by atoms with E-state index in [2.05, 4.69) is 5.32 Å². The van der Waals surface area contributed by atoms with Crippen LogP contribution < -0.4 is 10.1 Å². The Bertz CT molecular complexity index is 551. The number of hydrogen-bond donors (Lipinski definition) is 1. The van der Waals surface area contributed by atoms with E-state index in [1.54, 1.807) is 32.3 Å². The maximum atomic E-state index is 12.2. The van der Waals surface area contributed by atoms with Gasteiger partial charge >= 0.3 is 0 Å². The number of anilines is 1. The van der Waals surface area contributed by atoms with Crippen molar-refractivity contribution in [3.63, 3.8) is 0 Å². The Morgan fingerprint density at radius 1 is 1.27 bits per heavy atom. The average Bonchev–Trinajstić information content (AvgIpc) is 2.54. The van der Waals surface area contributed by atoms with E-state index < -0.39 is 0 Å². The monoisotopic (exact) mass is 306 g/mol. The topological polar surface area (TPSA) is 67.9 Å². The fraction of sp³-hybridized carbons (Fsp3) is 0.500. The molecule has 22 heavy (non-hydrogen) atoms. The molecule has 0 atom stereocenters. The Hall–Kier alpha value is -2.08. The lowest BCUT2D eigenvalue weighted by atomic mass is 9.99. The van der Waals surface area contributed by atoms with Crippen LogP contribution in [0.3, 0.4) is 0 Å². The molecule has 1 aromatic rings. The molecule has 0 aliphatic carbocycles. The summed E-state index contributed by atoms with van der Waals surface area (Å²) < 4.78 is 10.5. The molecule has 0 bridgehead atoms. The summed E-state index contributed by atoms with van der Waals surface area (Å²) in [6, 6.07) is 5.08. The van der Waals surface area contributed by atoms with Gasteiger partial charge in [0.15, 0.2) is 0 Å². The first kappa shape index (κ1) is 16.3. The van der Waals surface area contributed by atoms with Crippen LogP contribution >= 0.6 is 0 Å². The molecule has 1 aromatic carbocycles. The van der Waals surface area contributed by atoms with Crippen molar-refractivity contribution in [2.75, 3.05) is 39.7 Å². The SMILES string of the molecule is COc1ccc(NC(=O)C2CCOCC2)cc1C(=O)N(C)C. The Morgan fingerprint density at radius 3 is 2.55 bits per heavy atom. The first-order chi connectivity index (χ1) is 10.5. The van der Waals surface area contributed by atoms with Crippen molar-refractivity contribution < 1.29 is 19.1 Å². The van der Waals surface area contributed by atoms with Gasteiger partial charge in [0.25, 0.3) is 5.91 Å². The van der Waals surface area contributed by atoms with Crippen molar-refractivity contribution in [1.82, 2.24) is 4.90 Å². The summed E-state index contributed by atoms with van der Waals surface area (Å²) in [5.74, 6) is 0.252. The molecule has 1 saturated heterocycles. The maximum Gasteiger partial charge on any atom is 0.257 e. The first-order valence-electron chi connectivity index (χ1n) is 7.31. The van der Waals surface area contributed by atoms with Crippen molar-refractivity contribution >= 4 is 17.5 Å². The van der Waals surface area contributed by atoms with Gasteiger partial charge in [-0.15, -0.1) is 0 Å². The molecule has 0 aromatic heterocycles. The summed E-state index contributed by atoms with van der Waals surface area (Å²) >= 11 is 0. The number of hydrogen-bond acceptors (Lipinski definition) is 4. The minimum atomic E-state index is -0.168. The quantitative estimate of drug-likeness (QED) is 0.920. The van der Waals surface area contributed by atoms with Crippen LogP contribution in [-0.2, 0) is 9.53 Å². The lowest BCUT2D eigenvalue weighted by Crippen LogP contribution is -2.28. The van der Waals surface area contributed by atoms with E-state index in [-0.39, 0.29) is 17.7 Å². The van der Waals surface area contributed by atoms with Crippen molar-refractivity contribution in [2.45, 2.75) is 12.8 Å². The Labute approximate surface area is 130 Å². The molecule has 1 heterocycles. The van der Waals surface area contributed by atoms with E-state index in [1.807, 2.05) is 0 Å². The van der Waals surface area contributed by atoms with Gasteiger partial charge in [-0.1, -0.05) is 0 Å². The molecule has 1 aliphatic rings. The molecule has 1 aliphatic heterocycles. The third kappa shape index (κ3) is 3.76. The predicted octanol–water partition coefficient (Wildman–Crippen LogP) is 1.76. The zero-order chi connectivity index (χ0) is 16.1. The Balaban J connectivity index is 2.15. The zero-order valence-corrected chi connectivity index (χ0v) is 13.2. The number of nitrogens with one attached hydrogen (secondary N) is 1. The number of amides is 2. The van der Waals surface area contributed by atoms with Crippen molar-refractivity contribution in [3.8, 4) is 5.75 Å². The van der Waals surface area contributed by atoms with Gasteiger partial charge in [0.1, 0.15) is 5.75 Å². The van der Waals surface area contributed by atoms with Crippen LogP contribution in [0.5, 0.6) is 5.75 Å². The summed E-state index contributed by atoms with van der Waals surface area (Å²) in [5.41, 5.74) is 1.03. The lowest BCUT2D eigenvalue weighted by molar-refractivity contribution is -0.122. The minimum Gasteiger partial charge on any atom is -0.496 e. The number of methoxy groups -OCH3 is 1. The Kier molecular flexibility index (Phi) is 5.38. The second-order valence-electron chi connectivity index (χ2n) is 5.49. The Morgan fingerprint density at radius 2 is 1.95 bits per heavy atom. The summed E-state index contributed by atoms with van der Waals surface area (Å²) in [6.45, 7) is 1.23. The van der Waals surface area contributed by atoms with Gasteiger partial charge in [-0.05, 0) is 31.0 Å². The van der Waals surface area contributed by atoms with Gasteiger partial charge in [-0.25, -0.2) is 0 Å². The summed E-state index contributed by atoms with van der Waals surface area (Å²) in [7, 11) is 4.87. The van der Waals surface area contributed by atoms with Gasteiger partial charge in [0.05, 0.1) is 12.7 Å². The molecule has 2 rings (SSSR count). The number of rotatable bonds is 4. The van der Waals surface area contributed by atoms with Crippen LogP contribution in [0.25, 0.3) is 0 Å². The van der Waals surface area contributed by atoms with Crippen LogP contribution in [0.2, 0.25) is 0 Å². The van der Waals surface area contributed by atoms with Crippen molar-refractivity contribution in [3.05, 3.63) is 23.8 Å². The van der Waals surface area contributed by atoms with Gasteiger partial charge in [0, 0.05) is 38.9 Å². The standard InChI is InChI=1S/C16H22N2O4/c1-18(2)16(20)13-10-12(4-5-14(13)21-3)17-15(19)11-6-8-22-9-7-11/h4-5,10-11H,6-9H2,1-3H3,(H,17,19).